The number of ether oxygens (including phenoxy) is 1. The molecule has 1 aromatic carbocycles. The minimum absolute atomic E-state index is 0.158. The molecule has 7 rings (SSSR count). The van der Waals surface area contributed by atoms with Gasteiger partial charge in [-0.1, -0.05) is 43.3 Å². The average Bonchev–Trinajstić information content (AvgIpc) is 3.60. The topological polar surface area (TPSA) is 126 Å². The normalized spacial score (nSPS) is 29.6. The quantitative estimate of drug-likeness (QED) is 0.521. The lowest BCUT2D eigenvalue weighted by Crippen LogP contribution is -2.60. The first-order valence-corrected chi connectivity index (χ1v) is 11.7. The minimum Gasteiger partial charge on any atom is -0.396 e. The fourth-order valence-corrected chi connectivity index (χ4v) is 5.69. The molecule has 9 nitrogen and oxygen atoms in total. The Morgan fingerprint density at radius 2 is 1.94 bits per heavy atom. The van der Waals surface area contributed by atoms with Gasteiger partial charge in [-0.25, -0.2) is 9.50 Å². The molecule has 180 valence electrons. The molecule has 2 aromatic heterocycles. The molecule has 2 bridgehead atoms. The van der Waals surface area contributed by atoms with Crippen LogP contribution in [0, 0.1) is 17.3 Å². The third-order valence-corrected chi connectivity index (χ3v) is 7.41. The molecule has 5 heterocycles. The van der Waals surface area contributed by atoms with Crippen LogP contribution in [-0.2, 0) is 21.7 Å². The number of primary amides is 1. The maximum Gasteiger partial charge on any atom is 0.224 e. The number of hydrogen-bond donors (Lipinski definition) is 3. The van der Waals surface area contributed by atoms with E-state index in [0.717, 1.165) is 25.2 Å². The Morgan fingerprint density at radius 1 is 1.24 bits per heavy atom. The highest BCUT2D eigenvalue weighted by Crippen LogP contribution is 2.66. The molecular formula is C25H31N5O4. The third-order valence-electron chi connectivity index (χ3n) is 7.41. The Balaban J connectivity index is 0.000000351. The van der Waals surface area contributed by atoms with Crippen molar-refractivity contribution < 1.29 is 19.7 Å². The van der Waals surface area contributed by atoms with E-state index in [1.165, 1.54) is 0 Å². The van der Waals surface area contributed by atoms with Crippen LogP contribution in [0.15, 0.2) is 48.7 Å². The maximum atomic E-state index is 12.1. The summed E-state index contributed by atoms with van der Waals surface area (Å²) in [5.41, 5.74) is 6.22. The lowest BCUT2D eigenvalue weighted by Gasteiger charge is -2.48. The number of aliphatic hydroxyl groups is 2. The summed E-state index contributed by atoms with van der Waals surface area (Å²) in [6, 6.07) is 13.9. The fraction of sp³-hybridized carbons (Fsp3) is 0.480. The molecule has 0 radical (unpaired) electrons. The van der Waals surface area contributed by atoms with Crippen molar-refractivity contribution in [1.82, 2.24) is 14.6 Å². The monoisotopic (exact) mass is 465 g/mol. The number of carbonyl (C=O) groups excluding carboxylic acids is 1. The van der Waals surface area contributed by atoms with Crippen molar-refractivity contribution >= 4 is 17.2 Å². The van der Waals surface area contributed by atoms with E-state index in [1.54, 1.807) is 4.52 Å². The van der Waals surface area contributed by atoms with Gasteiger partial charge in [0.2, 0.25) is 5.91 Å². The van der Waals surface area contributed by atoms with Gasteiger partial charge in [-0.3, -0.25) is 4.79 Å². The van der Waals surface area contributed by atoms with Gasteiger partial charge in [-0.2, -0.15) is 0 Å². The van der Waals surface area contributed by atoms with Crippen molar-refractivity contribution in [2.75, 3.05) is 31.2 Å². The first-order valence-electron chi connectivity index (χ1n) is 11.7. The second-order valence-corrected chi connectivity index (χ2v) is 9.79. The number of pyridine rings is 1. The molecule has 1 aliphatic carbocycles. The van der Waals surface area contributed by atoms with Crippen LogP contribution in [-0.4, -0.2) is 57.0 Å². The summed E-state index contributed by atoms with van der Waals surface area (Å²) < 4.78 is 7.60. The lowest BCUT2D eigenvalue weighted by atomic mass is 9.53. The van der Waals surface area contributed by atoms with E-state index in [2.05, 4.69) is 21.9 Å². The summed E-state index contributed by atoms with van der Waals surface area (Å²) in [5, 5.41) is 24.3. The molecular weight excluding hydrogens is 434 g/mol. The second kappa shape index (κ2) is 8.65. The average molecular weight is 466 g/mol. The van der Waals surface area contributed by atoms with Crippen molar-refractivity contribution in [2.45, 2.75) is 32.0 Å². The van der Waals surface area contributed by atoms with Gasteiger partial charge >= 0.3 is 0 Å². The standard InChI is InChI=1S/C19H25N5O4.C6H6/c1-11-2-3-23(5-11)13-4-12(7-25)16-21-17(22-24(16)6-13)19-8-18(9-26,10-28-19)14(19)15(20)27;1-2-4-6-5-3-1/h4,6,11,14,25-26H,2-3,5,7-10H2,1H3,(H2,20,27);1-6H. The highest BCUT2D eigenvalue weighted by Gasteiger charge is 2.74. The van der Waals surface area contributed by atoms with Crippen LogP contribution in [0.2, 0.25) is 0 Å². The highest BCUT2D eigenvalue weighted by molar-refractivity contribution is 5.81. The Kier molecular flexibility index (Phi) is 5.79. The first kappa shape index (κ1) is 22.8. The van der Waals surface area contributed by atoms with Gasteiger partial charge in [0, 0.05) is 24.1 Å². The van der Waals surface area contributed by atoms with Gasteiger partial charge in [0.1, 0.15) is 5.60 Å². The zero-order chi connectivity index (χ0) is 23.9. The summed E-state index contributed by atoms with van der Waals surface area (Å²) in [6.45, 7) is 4.10. The number of hydrogen-bond acceptors (Lipinski definition) is 7. The summed E-state index contributed by atoms with van der Waals surface area (Å²) >= 11 is 0. The van der Waals surface area contributed by atoms with Crippen molar-refractivity contribution in [3.8, 4) is 0 Å². The molecule has 4 N–H and O–H groups in total. The largest absolute Gasteiger partial charge is 0.396 e. The summed E-state index contributed by atoms with van der Waals surface area (Å²) in [7, 11) is 0. The number of amides is 1. The zero-order valence-corrected chi connectivity index (χ0v) is 19.3. The Bertz CT molecular complexity index is 1160. The molecule has 4 unspecified atom stereocenters. The van der Waals surface area contributed by atoms with Crippen LogP contribution in [0.5, 0.6) is 0 Å². The van der Waals surface area contributed by atoms with Crippen molar-refractivity contribution in [2.24, 2.45) is 23.0 Å². The van der Waals surface area contributed by atoms with E-state index in [4.69, 9.17) is 10.5 Å². The second-order valence-electron chi connectivity index (χ2n) is 9.79. The molecule has 34 heavy (non-hydrogen) atoms. The van der Waals surface area contributed by atoms with Crippen molar-refractivity contribution in [3.05, 3.63) is 60.0 Å². The zero-order valence-electron chi connectivity index (χ0n) is 19.3. The van der Waals surface area contributed by atoms with Crippen LogP contribution >= 0.6 is 0 Å². The summed E-state index contributed by atoms with van der Waals surface area (Å²) in [6.07, 6.45) is 3.51. The minimum atomic E-state index is -0.990. The number of aliphatic hydroxyl groups excluding tert-OH is 2. The van der Waals surface area contributed by atoms with Crippen LogP contribution in [0.3, 0.4) is 0 Å². The van der Waals surface area contributed by atoms with Gasteiger partial charge in [0.05, 0.1) is 37.6 Å². The predicted molar refractivity (Wildman–Crippen MR) is 126 cm³/mol. The Morgan fingerprint density at radius 3 is 2.50 bits per heavy atom. The number of aromatic nitrogens is 3. The van der Waals surface area contributed by atoms with E-state index in [-0.39, 0.29) is 19.8 Å². The number of rotatable bonds is 5. The van der Waals surface area contributed by atoms with Crippen molar-refractivity contribution in [3.63, 3.8) is 0 Å². The van der Waals surface area contributed by atoms with Crippen LogP contribution in [0.25, 0.3) is 5.65 Å². The number of nitrogens with two attached hydrogens (primary N) is 1. The predicted octanol–water partition coefficient (Wildman–Crippen LogP) is 1.46. The van der Waals surface area contributed by atoms with Crippen molar-refractivity contribution in [1.29, 1.82) is 0 Å². The third kappa shape index (κ3) is 3.55. The number of anilines is 1. The molecule has 3 aromatic rings. The molecule has 4 aliphatic rings. The number of carbonyl (C=O) groups is 1. The van der Waals surface area contributed by atoms with Crippen LogP contribution in [0.4, 0.5) is 5.69 Å². The molecule has 3 saturated heterocycles. The van der Waals surface area contributed by atoms with Gasteiger partial charge in [-0.15, -0.1) is 5.10 Å². The molecule has 9 heteroatoms. The van der Waals surface area contributed by atoms with E-state index in [0.29, 0.717) is 29.4 Å². The summed E-state index contributed by atoms with van der Waals surface area (Å²) in [5.74, 6) is -0.146. The van der Waals surface area contributed by atoms with Crippen LogP contribution < -0.4 is 10.6 Å². The van der Waals surface area contributed by atoms with Crippen LogP contribution in [0.1, 0.15) is 31.2 Å². The van der Waals surface area contributed by atoms with Gasteiger partial charge in [0.25, 0.3) is 0 Å². The smallest absolute Gasteiger partial charge is 0.224 e. The van der Waals surface area contributed by atoms with Gasteiger partial charge in [-0.05, 0) is 24.8 Å². The molecule has 3 aliphatic heterocycles. The maximum absolute atomic E-state index is 12.1. The van der Waals surface area contributed by atoms with E-state index in [9.17, 15) is 15.0 Å². The lowest BCUT2D eigenvalue weighted by molar-refractivity contribution is -0.153. The fourth-order valence-electron chi connectivity index (χ4n) is 5.69. The Labute approximate surface area is 198 Å². The number of fused-ring (bicyclic) bond motifs is 2. The molecule has 0 spiro atoms. The molecule has 1 saturated carbocycles. The highest BCUT2D eigenvalue weighted by atomic mass is 16.5. The molecule has 4 fully saturated rings. The number of nitrogens with zero attached hydrogens (tertiary/aromatic N) is 4. The number of benzene rings is 1. The SMILES string of the molecule is CC1CCN(c2cc(CO)c3nc(C45CC(CO)(CO4)C5C(N)=O)nn3c2)C1.c1ccccc1. The van der Waals surface area contributed by atoms with E-state index in [1.807, 2.05) is 48.7 Å². The van der Waals surface area contributed by atoms with Gasteiger partial charge in [0.15, 0.2) is 11.5 Å². The molecule has 4 atom stereocenters. The Hall–Kier alpha value is -3.01. The first-order chi connectivity index (χ1) is 16.4. The molecule has 1 amide bonds. The van der Waals surface area contributed by atoms with E-state index >= 15 is 0 Å². The summed E-state index contributed by atoms with van der Waals surface area (Å²) in [4.78, 5) is 19.0. The van der Waals surface area contributed by atoms with Gasteiger partial charge < -0.3 is 25.6 Å². The van der Waals surface area contributed by atoms with E-state index < -0.39 is 22.8 Å².